The molecule has 6 heteroatoms. The molecule has 0 fully saturated rings. The van der Waals surface area contributed by atoms with E-state index in [1.165, 1.54) is 12.1 Å². The Morgan fingerprint density at radius 2 is 2.09 bits per heavy atom. The van der Waals surface area contributed by atoms with Gasteiger partial charge in [-0.3, -0.25) is 9.59 Å². The van der Waals surface area contributed by atoms with Crippen LogP contribution in [0, 0.1) is 12.7 Å². The zero-order valence-electron chi connectivity index (χ0n) is 11.9. The second kappa shape index (κ2) is 5.55. The number of hydrogen-bond acceptors (Lipinski definition) is 4. The van der Waals surface area contributed by atoms with Gasteiger partial charge in [0.15, 0.2) is 24.0 Å². The minimum Gasteiger partial charge on any atom is -0.480 e. The summed E-state index contributed by atoms with van der Waals surface area (Å²) in [6.45, 7) is 1.73. The number of fused-ring (bicyclic) bond motifs is 1. The van der Waals surface area contributed by atoms with E-state index < -0.39 is 0 Å². The Kier molecular flexibility index (Phi) is 3.58. The summed E-state index contributed by atoms with van der Waals surface area (Å²) < 4.78 is 18.2. The largest absolute Gasteiger partial charge is 0.480 e. The summed E-state index contributed by atoms with van der Waals surface area (Å²) in [4.78, 5) is 27.8. The molecule has 5 nitrogen and oxygen atoms in total. The van der Waals surface area contributed by atoms with E-state index in [0.717, 1.165) is 5.56 Å². The standard InChI is InChI=1S/C16H13FN2O3/c1-9-6-12(18-16-15(9)22-8-14(21)19-16)13(20)7-10-2-4-11(17)5-3-10/h2-6H,7-8H2,1H3,(H,18,19,21). The van der Waals surface area contributed by atoms with Crippen molar-refractivity contribution in [2.24, 2.45) is 0 Å². The number of carbonyl (C=O) groups is 2. The third-order valence-electron chi connectivity index (χ3n) is 3.33. The highest BCUT2D eigenvalue weighted by molar-refractivity contribution is 5.99. The molecule has 0 saturated heterocycles. The van der Waals surface area contributed by atoms with Crippen molar-refractivity contribution in [3.05, 3.63) is 53.0 Å². The molecule has 2 aromatic rings. The molecule has 2 heterocycles. The second-order valence-corrected chi connectivity index (χ2v) is 5.07. The first-order valence-corrected chi connectivity index (χ1v) is 6.75. The number of Topliss-reactive ketones (excluding diaryl/α,β-unsaturated/α-hetero) is 1. The lowest BCUT2D eigenvalue weighted by molar-refractivity contribution is -0.118. The van der Waals surface area contributed by atoms with E-state index in [2.05, 4.69) is 10.3 Å². The number of nitrogens with zero attached hydrogens (tertiary/aromatic N) is 1. The molecule has 0 aliphatic carbocycles. The highest BCUT2D eigenvalue weighted by Gasteiger charge is 2.22. The number of anilines is 1. The first-order chi connectivity index (χ1) is 10.5. The van der Waals surface area contributed by atoms with E-state index >= 15 is 0 Å². The quantitative estimate of drug-likeness (QED) is 0.883. The van der Waals surface area contributed by atoms with Gasteiger partial charge in [0.1, 0.15) is 11.5 Å². The fraction of sp³-hybridized carbons (Fsp3) is 0.188. The molecular weight excluding hydrogens is 287 g/mol. The Morgan fingerprint density at radius 1 is 1.36 bits per heavy atom. The number of ether oxygens (including phenoxy) is 1. The van der Waals surface area contributed by atoms with Crippen LogP contribution in [-0.4, -0.2) is 23.3 Å². The maximum Gasteiger partial charge on any atom is 0.263 e. The van der Waals surface area contributed by atoms with Crippen LogP contribution in [0.3, 0.4) is 0 Å². The van der Waals surface area contributed by atoms with Crippen molar-refractivity contribution in [3.63, 3.8) is 0 Å². The lowest BCUT2D eigenvalue weighted by atomic mass is 10.1. The van der Waals surface area contributed by atoms with E-state index in [1.54, 1.807) is 25.1 Å². The normalized spacial score (nSPS) is 13.1. The molecule has 1 N–H and O–H groups in total. The zero-order chi connectivity index (χ0) is 15.7. The first-order valence-electron chi connectivity index (χ1n) is 6.75. The van der Waals surface area contributed by atoms with Crippen molar-refractivity contribution in [2.45, 2.75) is 13.3 Å². The number of carbonyl (C=O) groups excluding carboxylic acids is 2. The summed E-state index contributed by atoms with van der Waals surface area (Å²) >= 11 is 0. The Labute approximate surface area is 126 Å². The van der Waals surface area contributed by atoms with E-state index in [-0.39, 0.29) is 42.0 Å². The van der Waals surface area contributed by atoms with Gasteiger partial charge in [-0.1, -0.05) is 12.1 Å². The fourth-order valence-corrected chi connectivity index (χ4v) is 2.25. The van der Waals surface area contributed by atoms with Gasteiger partial charge in [0.2, 0.25) is 0 Å². The minimum absolute atomic E-state index is 0.0572. The average Bonchev–Trinajstić information content (AvgIpc) is 2.49. The molecule has 0 atom stereocenters. The van der Waals surface area contributed by atoms with Crippen molar-refractivity contribution < 1.29 is 18.7 Å². The third-order valence-corrected chi connectivity index (χ3v) is 3.33. The Morgan fingerprint density at radius 3 is 2.82 bits per heavy atom. The molecule has 1 aliphatic rings. The van der Waals surface area contributed by atoms with Crippen LogP contribution >= 0.6 is 0 Å². The number of hydrogen-bond donors (Lipinski definition) is 1. The van der Waals surface area contributed by atoms with Crippen LogP contribution in [0.1, 0.15) is 21.6 Å². The Bertz CT molecular complexity index is 757. The number of ketones is 1. The molecule has 0 spiro atoms. The van der Waals surface area contributed by atoms with Crippen LogP contribution in [0.4, 0.5) is 10.2 Å². The molecule has 0 bridgehead atoms. The second-order valence-electron chi connectivity index (χ2n) is 5.07. The van der Waals surface area contributed by atoms with Crippen molar-refractivity contribution in [3.8, 4) is 5.75 Å². The summed E-state index contributed by atoms with van der Waals surface area (Å²) in [5.41, 5.74) is 1.67. The van der Waals surface area contributed by atoms with Crippen LogP contribution in [0.5, 0.6) is 5.75 Å². The summed E-state index contributed by atoms with van der Waals surface area (Å²) in [5.74, 6) is -0.115. The minimum atomic E-state index is -0.348. The van der Waals surface area contributed by atoms with Crippen molar-refractivity contribution in [1.82, 2.24) is 4.98 Å². The summed E-state index contributed by atoms with van der Waals surface area (Å²) in [5, 5.41) is 2.59. The van der Waals surface area contributed by atoms with Gasteiger partial charge in [-0.2, -0.15) is 0 Å². The molecule has 112 valence electrons. The van der Waals surface area contributed by atoms with Crippen molar-refractivity contribution in [2.75, 3.05) is 11.9 Å². The highest BCUT2D eigenvalue weighted by Crippen LogP contribution is 2.30. The number of aryl methyl sites for hydroxylation is 1. The third kappa shape index (κ3) is 2.81. The number of amides is 1. The Hall–Kier alpha value is -2.76. The number of halogens is 1. The van der Waals surface area contributed by atoms with Crippen LogP contribution in [0.2, 0.25) is 0 Å². The topological polar surface area (TPSA) is 68.3 Å². The SMILES string of the molecule is Cc1cc(C(=O)Cc2ccc(F)cc2)nc2c1OCC(=O)N2. The molecule has 0 radical (unpaired) electrons. The molecular formula is C16H13FN2O3. The number of rotatable bonds is 3. The Balaban J connectivity index is 1.86. The number of nitrogens with one attached hydrogen (secondary N) is 1. The van der Waals surface area contributed by atoms with Gasteiger partial charge >= 0.3 is 0 Å². The summed E-state index contributed by atoms with van der Waals surface area (Å²) in [7, 11) is 0. The monoisotopic (exact) mass is 300 g/mol. The fourth-order valence-electron chi connectivity index (χ4n) is 2.25. The van der Waals surface area contributed by atoms with E-state index in [0.29, 0.717) is 11.3 Å². The van der Waals surface area contributed by atoms with Crippen LogP contribution in [0.15, 0.2) is 30.3 Å². The van der Waals surface area contributed by atoms with Crippen LogP contribution < -0.4 is 10.1 Å². The molecule has 22 heavy (non-hydrogen) atoms. The highest BCUT2D eigenvalue weighted by atomic mass is 19.1. The molecule has 1 aliphatic heterocycles. The number of pyridine rings is 1. The predicted octanol–water partition coefficient (Wildman–Crippen LogP) is 2.29. The number of benzene rings is 1. The van der Waals surface area contributed by atoms with Gasteiger partial charge in [-0.05, 0) is 36.2 Å². The van der Waals surface area contributed by atoms with Gasteiger partial charge in [0.05, 0.1) is 0 Å². The molecule has 1 aromatic heterocycles. The number of aromatic nitrogens is 1. The molecule has 1 aromatic carbocycles. The van der Waals surface area contributed by atoms with Gasteiger partial charge in [-0.25, -0.2) is 9.37 Å². The van der Waals surface area contributed by atoms with E-state index in [4.69, 9.17) is 4.74 Å². The average molecular weight is 300 g/mol. The van der Waals surface area contributed by atoms with Crippen molar-refractivity contribution >= 4 is 17.5 Å². The maximum atomic E-state index is 12.9. The zero-order valence-corrected chi connectivity index (χ0v) is 11.9. The lowest BCUT2D eigenvalue weighted by Gasteiger charge is -2.19. The predicted molar refractivity (Wildman–Crippen MR) is 77.5 cm³/mol. The maximum absolute atomic E-state index is 12.9. The molecule has 3 rings (SSSR count). The van der Waals surface area contributed by atoms with Gasteiger partial charge < -0.3 is 10.1 Å². The summed E-state index contributed by atoms with van der Waals surface area (Å²) in [6.07, 6.45) is 0.111. The smallest absolute Gasteiger partial charge is 0.263 e. The van der Waals surface area contributed by atoms with Crippen LogP contribution in [0.25, 0.3) is 0 Å². The molecule has 1 amide bonds. The molecule has 0 unspecified atom stereocenters. The van der Waals surface area contributed by atoms with E-state index in [1.807, 2.05) is 0 Å². The van der Waals surface area contributed by atoms with Gasteiger partial charge in [-0.15, -0.1) is 0 Å². The molecule has 0 saturated carbocycles. The summed E-state index contributed by atoms with van der Waals surface area (Å²) in [6, 6.07) is 7.36. The van der Waals surface area contributed by atoms with Crippen LogP contribution in [-0.2, 0) is 11.2 Å². The van der Waals surface area contributed by atoms with Crippen molar-refractivity contribution in [1.29, 1.82) is 0 Å². The lowest BCUT2D eigenvalue weighted by Crippen LogP contribution is -2.27. The first kappa shape index (κ1) is 14.2. The van der Waals surface area contributed by atoms with E-state index in [9.17, 15) is 14.0 Å². The van der Waals surface area contributed by atoms with Gasteiger partial charge in [0, 0.05) is 6.42 Å². The van der Waals surface area contributed by atoms with Gasteiger partial charge in [0.25, 0.3) is 5.91 Å².